The fourth-order valence-electron chi connectivity index (χ4n) is 4.14. The third kappa shape index (κ3) is 1.64. The minimum absolute atomic E-state index is 0.168. The van der Waals surface area contributed by atoms with Crippen LogP contribution in [0.4, 0.5) is 0 Å². The Morgan fingerprint density at radius 1 is 0.783 bits per heavy atom. The van der Waals surface area contributed by atoms with Crippen LogP contribution in [0.15, 0.2) is 48.5 Å². The Kier molecular flexibility index (Phi) is 2.55. The van der Waals surface area contributed by atoms with E-state index in [9.17, 15) is 15.3 Å². The average molecular weight is 304 g/mol. The fraction of sp³-hybridized carbons (Fsp3) is 0.200. The number of hydrogen-bond acceptors (Lipinski definition) is 3. The SMILES string of the molecule is O[C@@H]1C[C@H](O)c2cc3ccc4cccc5ccc(c2[C@@H]1O)c3c45. The topological polar surface area (TPSA) is 60.7 Å². The van der Waals surface area contributed by atoms with Gasteiger partial charge >= 0.3 is 0 Å². The molecule has 4 aromatic carbocycles. The Morgan fingerprint density at radius 3 is 2.26 bits per heavy atom. The van der Waals surface area contributed by atoms with E-state index in [1.165, 1.54) is 5.39 Å². The highest BCUT2D eigenvalue weighted by atomic mass is 16.3. The highest BCUT2D eigenvalue weighted by molar-refractivity contribution is 6.23. The van der Waals surface area contributed by atoms with Crippen molar-refractivity contribution >= 4 is 32.3 Å². The molecule has 0 heterocycles. The molecule has 0 radical (unpaired) electrons. The molecule has 0 saturated heterocycles. The summed E-state index contributed by atoms with van der Waals surface area (Å²) >= 11 is 0. The summed E-state index contributed by atoms with van der Waals surface area (Å²) in [5.41, 5.74) is 1.40. The Labute approximate surface area is 132 Å². The Balaban J connectivity index is 2.03. The Morgan fingerprint density at radius 2 is 1.48 bits per heavy atom. The molecule has 0 spiro atoms. The van der Waals surface area contributed by atoms with Gasteiger partial charge in [-0.25, -0.2) is 0 Å². The normalized spacial score (nSPS) is 24.6. The van der Waals surface area contributed by atoms with Crippen LogP contribution in [0, 0.1) is 0 Å². The Hall–Kier alpha value is -2.20. The van der Waals surface area contributed by atoms with Crippen molar-refractivity contribution in [3.05, 3.63) is 59.7 Å². The van der Waals surface area contributed by atoms with Gasteiger partial charge in [0.05, 0.1) is 12.2 Å². The van der Waals surface area contributed by atoms with Gasteiger partial charge < -0.3 is 15.3 Å². The zero-order valence-corrected chi connectivity index (χ0v) is 12.4. The molecular weight excluding hydrogens is 288 g/mol. The van der Waals surface area contributed by atoms with Crippen LogP contribution in [-0.4, -0.2) is 21.4 Å². The summed E-state index contributed by atoms with van der Waals surface area (Å²) in [6.45, 7) is 0. The van der Waals surface area contributed by atoms with Gasteiger partial charge in [0, 0.05) is 6.42 Å². The van der Waals surface area contributed by atoms with E-state index in [4.69, 9.17) is 0 Å². The number of fused-ring (bicyclic) bond motifs is 2. The van der Waals surface area contributed by atoms with E-state index in [0.29, 0.717) is 5.56 Å². The lowest BCUT2D eigenvalue weighted by molar-refractivity contribution is -0.0278. The van der Waals surface area contributed by atoms with Gasteiger partial charge in [-0.3, -0.25) is 0 Å². The zero-order valence-electron chi connectivity index (χ0n) is 12.4. The number of hydrogen-bond donors (Lipinski definition) is 3. The second-order valence-corrected chi connectivity index (χ2v) is 6.50. The standard InChI is InChI=1S/C20H16O3/c21-15-9-16(22)20(23)19-13-7-6-11-3-1-2-10-4-5-12(8-14(15)19)18(13)17(10)11/h1-8,15-16,20-23H,9H2/t15-,16+,20+/m0/s1. The molecule has 1 aliphatic carbocycles. The van der Waals surface area contributed by atoms with Crippen molar-refractivity contribution in [1.29, 1.82) is 0 Å². The third-order valence-electron chi connectivity index (χ3n) is 5.21. The minimum Gasteiger partial charge on any atom is -0.390 e. The lowest BCUT2D eigenvalue weighted by atomic mass is 9.80. The van der Waals surface area contributed by atoms with E-state index >= 15 is 0 Å². The summed E-state index contributed by atoms with van der Waals surface area (Å²) in [6.07, 6.45) is -2.47. The van der Waals surface area contributed by atoms with E-state index in [1.807, 2.05) is 24.3 Å². The maximum Gasteiger partial charge on any atom is 0.106 e. The largest absolute Gasteiger partial charge is 0.390 e. The number of aliphatic hydroxyl groups excluding tert-OH is 3. The van der Waals surface area contributed by atoms with Crippen LogP contribution < -0.4 is 0 Å². The molecule has 0 fully saturated rings. The van der Waals surface area contributed by atoms with Gasteiger partial charge in [-0.05, 0) is 49.5 Å². The third-order valence-corrected chi connectivity index (χ3v) is 5.21. The first-order valence-electron chi connectivity index (χ1n) is 7.89. The molecule has 114 valence electrons. The average Bonchev–Trinajstić information content (AvgIpc) is 2.57. The lowest BCUT2D eigenvalue weighted by Gasteiger charge is -2.32. The van der Waals surface area contributed by atoms with Gasteiger partial charge in [0.25, 0.3) is 0 Å². The summed E-state index contributed by atoms with van der Waals surface area (Å²) < 4.78 is 0. The van der Waals surface area contributed by atoms with Gasteiger partial charge in [-0.1, -0.05) is 42.5 Å². The molecule has 23 heavy (non-hydrogen) atoms. The molecule has 3 heteroatoms. The maximum atomic E-state index is 10.5. The van der Waals surface area contributed by atoms with Gasteiger partial charge in [-0.2, -0.15) is 0 Å². The van der Waals surface area contributed by atoms with Crippen LogP contribution >= 0.6 is 0 Å². The highest BCUT2D eigenvalue weighted by Crippen LogP contribution is 2.45. The molecule has 3 atom stereocenters. The van der Waals surface area contributed by atoms with E-state index in [1.54, 1.807) is 0 Å². The molecule has 0 amide bonds. The van der Waals surface area contributed by atoms with Crippen molar-refractivity contribution in [3.8, 4) is 0 Å². The molecule has 0 aliphatic heterocycles. The van der Waals surface area contributed by atoms with E-state index in [-0.39, 0.29) is 6.42 Å². The Bertz CT molecular complexity index is 1040. The summed E-state index contributed by atoms with van der Waals surface area (Å²) in [4.78, 5) is 0. The molecule has 0 unspecified atom stereocenters. The van der Waals surface area contributed by atoms with E-state index < -0.39 is 18.3 Å². The summed E-state index contributed by atoms with van der Waals surface area (Å²) in [5.74, 6) is 0. The molecule has 4 aromatic rings. The van der Waals surface area contributed by atoms with Crippen LogP contribution in [0.1, 0.15) is 29.8 Å². The van der Waals surface area contributed by atoms with Gasteiger partial charge in [0.2, 0.25) is 0 Å². The lowest BCUT2D eigenvalue weighted by Crippen LogP contribution is -2.28. The van der Waals surface area contributed by atoms with Crippen LogP contribution in [0.2, 0.25) is 0 Å². The second-order valence-electron chi connectivity index (χ2n) is 6.50. The number of benzene rings is 4. The van der Waals surface area contributed by atoms with Crippen molar-refractivity contribution < 1.29 is 15.3 Å². The van der Waals surface area contributed by atoms with Crippen molar-refractivity contribution in [2.24, 2.45) is 0 Å². The first-order chi connectivity index (χ1) is 11.1. The first kappa shape index (κ1) is 13.3. The van der Waals surface area contributed by atoms with Crippen LogP contribution in [0.25, 0.3) is 32.3 Å². The molecule has 1 aliphatic rings. The van der Waals surface area contributed by atoms with Gasteiger partial charge in [-0.15, -0.1) is 0 Å². The predicted octanol–water partition coefficient (Wildman–Crippen LogP) is 3.42. The molecule has 0 aromatic heterocycles. The second kappa shape index (κ2) is 4.42. The predicted molar refractivity (Wildman–Crippen MR) is 90.7 cm³/mol. The van der Waals surface area contributed by atoms with Crippen LogP contribution in [0.5, 0.6) is 0 Å². The molecular formula is C20H16O3. The van der Waals surface area contributed by atoms with Gasteiger partial charge in [0.15, 0.2) is 0 Å². The minimum atomic E-state index is -0.960. The summed E-state index contributed by atoms with van der Waals surface area (Å²) in [6, 6.07) is 16.4. The maximum absolute atomic E-state index is 10.5. The molecule has 5 rings (SSSR count). The number of aliphatic hydroxyl groups is 3. The smallest absolute Gasteiger partial charge is 0.106 e. The molecule has 3 N–H and O–H groups in total. The van der Waals surface area contributed by atoms with Crippen LogP contribution in [-0.2, 0) is 0 Å². The number of rotatable bonds is 0. The van der Waals surface area contributed by atoms with Crippen molar-refractivity contribution in [1.82, 2.24) is 0 Å². The summed E-state index contributed by atoms with van der Waals surface area (Å²) in [5, 5.41) is 37.5. The van der Waals surface area contributed by atoms with E-state index in [0.717, 1.165) is 32.5 Å². The van der Waals surface area contributed by atoms with E-state index in [2.05, 4.69) is 24.3 Å². The van der Waals surface area contributed by atoms with Crippen molar-refractivity contribution in [2.45, 2.75) is 24.7 Å². The quantitative estimate of drug-likeness (QED) is 0.436. The fourth-order valence-corrected chi connectivity index (χ4v) is 4.14. The molecule has 0 bridgehead atoms. The summed E-state index contributed by atoms with van der Waals surface area (Å²) in [7, 11) is 0. The van der Waals surface area contributed by atoms with Crippen molar-refractivity contribution in [2.75, 3.05) is 0 Å². The first-order valence-corrected chi connectivity index (χ1v) is 7.89. The molecule has 0 saturated carbocycles. The van der Waals surface area contributed by atoms with Crippen LogP contribution in [0.3, 0.4) is 0 Å². The van der Waals surface area contributed by atoms with Crippen molar-refractivity contribution in [3.63, 3.8) is 0 Å². The zero-order chi connectivity index (χ0) is 15.7. The van der Waals surface area contributed by atoms with Gasteiger partial charge in [0.1, 0.15) is 6.10 Å². The molecule has 3 nitrogen and oxygen atoms in total. The highest BCUT2D eigenvalue weighted by Gasteiger charge is 2.34. The monoisotopic (exact) mass is 304 g/mol.